The lowest BCUT2D eigenvalue weighted by Gasteiger charge is -2.34. The molecule has 1 aliphatic heterocycles. The maximum absolute atomic E-state index is 13.0. The highest BCUT2D eigenvalue weighted by atomic mass is 16.5. The molecule has 164 valence electrons. The Morgan fingerprint density at radius 1 is 1.19 bits per heavy atom. The van der Waals surface area contributed by atoms with E-state index in [1.165, 1.54) is 4.90 Å². The van der Waals surface area contributed by atoms with Gasteiger partial charge in [0.25, 0.3) is 5.91 Å². The first-order valence-electron chi connectivity index (χ1n) is 10.4. The second kappa shape index (κ2) is 9.64. The summed E-state index contributed by atoms with van der Waals surface area (Å²) in [6.07, 6.45) is 0.150. The molecule has 31 heavy (non-hydrogen) atoms. The summed E-state index contributed by atoms with van der Waals surface area (Å²) < 4.78 is 11.0. The van der Waals surface area contributed by atoms with Gasteiger partial charge in [0, 0.05) is 24.1 Å². The number of hydrogen-bond acceptors (Lipinski definition) is 5. The highest BCUT2D eigenvalue weighted by Crippen LogP contribution is 2.37. The summed E-state index contributed by atoms with van der Waals surface area (Å²) in [6, 6.07) is 12.7. The highest BCUT2D eigenvalue weighted by molar-refractivity contribution is 5.96. The lowest BCUT2D eigenvalue weighted by Crippen LogP contribution is -2.38. The molecule has 0 bridgehead atoms. The molecule has 7 nitrogen and oxygen atoms in total. The Hall–Kier alpha value is -3.35. The van der Waals surface area contributed by atoms with Crippen LogP contribution in [-0.2, 0) is 20.9 Å². The minimum Gasteiger partial charge on any atom is -0.463 e. The molecule has 1 atom stereocenters. The normalized spacial score (nSPS) is 16.6. The molecule has 0 saturated carbocycles. The lowest BCUT2D eigenvalue weighted by molar-refractivity contribution is -0.140. The molecule has 0 spiro atoms. The number of carbonyl (C=O) groups is 3. The van der Waals surface area contributed by atoms with Crippen LogP contribution >= 0.6 is 0 Å². The van der Waals surface area contributed by atoms with Crippen LogP contribution in [0.15, 0.2) is 58.2 Å². The van der Waals surface area contributed by atoms with E-state index in [2.05, 4.69) is 5.32 Å². The van der Waals surface area contributed by atoms with Gasteiger partial charge in [-0.3, -0.25) is 9.59 Å². The van der Waals surface area contributed by atoms with Crippen molar-refractivity contribution >= 4 is 17.8 Å². The molecule has 7 heteroatoms. The Morgan fingerprint density at radius 2 is 1.90 bits per heavy atom. The number of allylic oxidation sites excluding steroid dienone is 1. The van der Waals surface area contributed by atoms with E-state index >= 15 is 0 Å². The van der Waals surface area contributed by atoms with Crippen molar-refractivity contribution in [3.05, 3.63) is 70.8 Å². The number of nitrogens with zero attached hydrogens (tertiary/aromatic N) is 1. The Labute approximate surface area is 182 Å². The van der Waals surface area contributed by atoms with E-state index in [1.807, 2.05) is 44.2 Å². The van der Waals surface area contributed by atoms with Crippen molar-refractivity contribution in [3.8, 4) is 0 Å². The average Bonchev–Trinajstić information content (AvgIpc) is 3.20. The summed E-state index contributed by atoms with van der Waals surface area (Å²) >= 11 is 0. The zero-order valence-corrected chi connectivity index (χ0v) is 18.3. The van der Waals surface area contributed by atoms with E-state index in [0.717, 1.165) is 5.56 Å². The molecule has 2 aromatic rings. The van der Waals surface area contributed by atoms with E-state index in [0.29, 0.717) is 17.0 Å². The number of furan rings is 1. The predicted molar refractivity (Wildman–Crippen MR) is 115 cm³/mol. The molecule has 1 N–H and O–H groups in total. The smallest absolute Gasteiger partial charge is 0.336 e. The minimum absolute atomic E-state index is 0.0167. The Kier molecular flexibility index (Phi) is 6.95. The van der Waals surface area contributed by atoms with Gasteiger partial charge in [-0.1, -0.05) is 30.3 Å². The third kappa shape index (κ3) is 5.05. The van der Waals surface area contributed by atoms with Gasteiger partial charge in [-0.25, -0.2) is 4.79 Å². The number of ether oxygens (including phenoxy) is 1. The van der Waals surface area contributed by atoms with Crippen molar-refractivity contribution < 1.29 is 23.5 Å². The summed E-state index contributed by atoms with van der Waals surface area (Å²) in [5, 5.41) is 2.77. The van der Waals surface area contributed by atoms with Gasteiger partial charge in [-0.05, 0) is 45.4 Å². The molecule has 0 aliphatic carbocycles. The number of rotatable bonds is 7. The van der Waals surface area contributed by atoms with Gasteiger partial charge < -0.3 is 19.4 Å². The van der Waals surface area contributed by atoms with Crippen molar-refractivity contribution in [1.82, 2.24) is 10.2 Å². The zero-order valence-electron chi connectivity index (χ0n) is 18.3. The summed E-state index contributed by atoms with van der Waals surface area (Å²) in [7, 11) is 0. The Balaban J connectivity index is 1.91. The largest absolute Gasteiger partial charge is 0.463 e. The highest BCUT2D eigenvalue weighted by Gasteiger charge is 2.37. The van der Waals surface area contributed by atoms with Crippen LogP contribution in [0.4, 0.5) is 0 Å². The van der Waals surface area contributed by atoms with E-state index in [9.17, 15) is 14.4 Å². The van der Waals surface area contributed by atoms with E-state index in [4.69, 9.17) is 9.15 Å². The number of amides is 2. The Bertz CT molecular complexity index is 990. The maximum Gasteiger partial charge on any atom is 0.336 e. The van der Waals surface area contributed by atoms with Crippen molar-refractivity contribution in [1.29, 1.82) is 0 Å². The number of carbonyl (C=O) groups excluding carboxylic acids is 3. The molecule has 0 saturated heterocycles. The monoisotopic (exact) mass is 424 g/mol. The van der Waals surface area contributed by atoms with Crippen LogP contribution in [0.5, 0.6) is 0 Å². The fourth-order valence-electron chi connectivity index (χ4n) is 3.72. The number of hydrogen-bond donors (Lipinski definition) is 1. The average molecular weight is 424 g/mol. The lowest BCUT2D eigenvalue weighted by atomic mass is 9.83. The summed E-state index contributed by atoms with van der Waals surface area (Å²) in [5.74, 6) is -0.583. The van der Waals surface area contributed by atoms with Gasteiger partial charge in [-0.2, -0.15) is 0 Å². The van der Waals surface area contributed by atoms with Gasteiger partial charge >= 0.3 is 5.97 Å². The maximum atomic E-state index is 13.0. The quantitative estimate of drug-likeness (QED) is 0.684. The van der Waals surface area contributed by atoms with Gasteiger partial charge in [0.15, 0.2) is 5.76 Å². The van der Waals surface area contributed by atoms with Crippen LogP contribution in [-0.4, -0.2) is 35.3 Å². The first-order valence-corrected chi connectivity index (χ1v) is 10.4. The second-order valence-corrected chi connectivity index (χ2v) is 7.76. The van der Waals surface area contributed by atoms with Gasteiger partial charge in [-0.15, -0.1) is 0 Å². The van der Waals surface area contributed by atoms with Crippen molar-refractivity contribution in [2.75, 3.05) is 6.61 Å². The molecule has 0 fully saturated rings. The van der Waals surface area contributed by atoms with Gasteiger partial charge in [0.2, 0.25) is 5.91 Å². The number of benzene rings is 1. The predicted octanol–water partition coefficient (Wildman–Crippen LogP) is 3.77. The summed E-state index contributed by atoms with van der Waals surface area (Å²) in [6.45, 7) is 7.60. The van der Waals surface area contributed by atoms with Crippen LogP contribution in [0.3, 0.4) is 0 Å². The molecule has 1 aromatic carbocycles. The van der Waals surface area contributed by atoms with Gasteiger partial charge in [0.1, 0.15) is 5.76 Å². The van der Waals surface area contributed by atoms with Gasteiger partial charge in [0.05, 0.1) is 18.7 Å². The molecule has 0 radical (unpaired) electrons. The van der Waals surface area contributed by atoms with Crippen LogP contribution in [0.1, 0.15) is 61.9 Å². The number of nitrogens with one attached hydrogen (secondary N) is 1. The first-order chi connectivity index (χ1) is 14.8. The fourth-order valence-corrected chi connectivity index (χ4v) is 3.72. The molecule has 3 rings (SSSR count). The van der Waals surface area contributed by atoms with Crippen molar-refractivity contribution in [2.45, 2.75) is 52.6 Å². The molecule has 2 amide bonds. The zero-order chi connectivity index (χ0) is 22.5. The molecule has 1 aromatic heterocycles. The molecular formula is C24H28N2O5. The summed E-state index contributed by atoms with van der Waals surface area (Å²) in [5.41, 5.74) is 1.90. The first kappa shape index (κ1) is 22.3. The van der Waals surface area contributed by atoms with Crippen LogP contribution in [0, 0.1) is 0 Å². The number of esters is 1. The van der Waals surface area contributed by atoms with Crippen molar-refractivity contribution in [2.24, 2.45) is 0 Å². The third-order valence-corrected chi connectivity index (χ3v) is 5.14. The fraction of sp³-hybridized carbons (Fsp3) is 0.375. The van der Waals surface area contributed by atoms with Crippen molar-refractivity contribution in [3.63, 3.8) is 0 Å². The Morgan fingerprint density at radius 3 is 2.55 bits per heavy atom. The topological polar surface area (TPSA) is 88.8 Å². The van der Waals surface area contributed by atoms with E-state index in [-0.39, 0.29) is 49.1 Å². The summed E-state index contributed by atoms with van der Waals surface area (Å²) in [4.78, 5) is 39.5. The van der Waals surface area contributed by atoms with Crippen LogP contribution < -0.4 is 5.32 Å². The van der Waals surface area contributed by atoms with E-state index < -0.39 is 5.97 Å². The SMILES string of the molecule is CCOC(=O)C1=C(C)N(Cc2ccc(C(=O)NC(C)C)o2)C(=O)C[C@H]1c1ccccc1. The third-order valence-electron chi connectivity index (χ3n) is 5.14. The second-order valence-electron chi connectivity index (χ2n) is 7.76. The molecule has 0 unspecified atom stereocenters. The van der Waals surface area contributed by atoms with Crippen LogP contribution in [0.2, 0.25) is 0 Å². The standard InChI is InChI=1S/C24H28N2O5/c1-5-30-24(29)22-16(4)26(21(27)13-19(22)17-9-7-6-8-10-17)14-18-11-12-20(31-18)23(28)25-15(2)3/h6-12,15,19H,5,13-14H2,1-4H3,(H,25,28)/t19-/m0/s1. The molecule has 2 heterocycles. The van der Waals surface area contributed by atoms with Crippen LogP contribution in [0.25, 0.3) is 0 Å². The molecular weight excluding hydrogens is 396 g/mol. The minimum atomic E-state index is -0.428. The molecule has 1 aliphatic rings. The van der Waals surface area contributed by atoms with E-state index in [1.54, 1.807) is 26.0 Å².